The number of benzene rings is 1. The predicted octanol–water partition coefficient (Wildman–Crippen LogP) is 1.98. The van der Waals surface area contributed by atoms with E-state index < -0.39 is 11.9 Å². The van der Waals surface area contributed by atoms with Crippen molar-refractivity contribution in [1.29, 1.82) is 0 Å². The Labute approximate surface area is 116 Å². The summed E-state index contributed by atoms with van der Waals surface area (Å²) in [6.07, 6.45) is 0.347. The summed E-state index contributed by atoms with van der Waals surface area (Å²) in [4.78, 5) is 33.6. The van der Waals surface area contributed by atoms with Gasteiger partial charge in [0.2, 0.25) is 5.91 Å². The highest BCUT2D eigenvalue weighted by molar-refractivity contribution is 5.96. The summed E-state index contributed by atoms with van der Waals surface area (Å²) >= 11 is 0. The summed E-state index contributed by atoms with van der Waals surface area (Å²) in [6.45, 7) is 1.71. The molecule has 0 saturated heterocycles. The van der Waals surface area contributed by atoms with Crippen molar-refractivity contribution in [3.63, 3.8) is 0 Å². The van der Waals surface area contributed by atoms with Gasteiger partial charge in [0.1, 0.15) is 0 Å². The zero-order valence-electron chi connectivity index (χ0n) is 11.4. The van der Waals surface area contributed by atoms with Crippen molar-refractivity contribution in [1.82, 2.24) is 0 Å². The SMILES string of the molecule is COC(=O)c1cccc(NC(=O)CCCC(=O)O)c1C. The maximum atomic E-state index is 11.7. The summed E-state index contributed by atoms with van der Waals surface area (Å²) in [5.74, 6) is -1.68. The van der Waals surface area contributed by atoms with Crippen LogP contribution in [0.3, 0.4) is 0 Å². The van der Waals surface area contributed by atoms with Crippen LogP contribution in [0.4, 0.5) is 5.69 Å². The van der Waals surface area contributed by atoms with Crippen LogP contribution in [0.15, 0.2) is 18.2 Å². The van der Waals surface area contributed by atoms with Gasteiger partial charge >= 0.3 is 11.9 Å². The van der Waals surface area contributed by atoms with E-state index in [0.29, 0.717) is 16.8 Å². The van der Waals surface area contributed by atoms with Crippen LogP contribution in [0.5, 0.6) is 0 Å². The van der Waals surface area contributed by atoms with E-state index in [-0.39, 0.29) is 25.2 Å². The van der Waals surface area contributed by atoms with Crippen molar-refractivity contribution in [2.75, 3.05) is 12.4 Å². The van der Waals surface area contributed by atoms with Gasteiger partial charge in [-0.15, -0.1) is 0 Å². The lowest BCUT2D eigenvalue weighted by Crippen LogP contribution is -2.14. The molecular formula is C14H17NO5. The average Bonchev–Trinajstić information content (AvgIpc) is 2.40. The first kappa shape index (κ1) is 15.7. The molecule has 0 aromatic heterocycles. The summed E-state index contributed by atoms with van der Waals surface area (Å²) < 4.78 is 4.65. The number of carbonyl (C=O) groups is 3. The minimum Gasteiger partial charge on any atom is -0.481 e. The highest BCUT2D eigenvalue weighted by atomic mass is 16.5. The number of methoxy groups -OCH3 is 1. The molecule has 108 valence electrons. The number of carboxylic acids is 1. The number of ether oxygens (including phenoxy) is 1. The van der Waals surface area contributed by atoms with Crippen LogP contribution < -0.4 is 5.32 Å². The number of hydrogen-bond donors (Lipinski definition) is 2. The zero-order chi connectivity index (χ0) is 15.1. The molecule has 6 heteroatoms. The molecule has 2 N–H and O–H groups in total. The van der Waals surface area contributed by atoms with Crippen molar-refractivity contribution >= 4 is 23.5 Å². The standard InChI is InChI=1S/C14H17NO5/c1-9-10(14(19)20-2)5-3-6-11(9)15-12(16)7-4-8-13(17)18/h3,5-6H,4,7-8H2,1-2H3,(H,15,16)(H,17,18). The maximum Gasteiger partial charge on any atom is 0.338 e. The molecule has 0 aliphatic rings. The quantitative estimate of drug-likeness (QED) is 0.777. The number of rotatable bonds is 6. The maximum absolute atomic E-state index is 11.7. The highest BCUT2D eigenvalue weighted by Crippen LogP contribution is 2.20. The van der Waals surface area contributed by atoms with Crippen LogP contribution in [0, 0.1) is 6.92 Å². The fraction of sp³-hybridized carbons (Fsp3) is 0.357. The highest BCUT2D eigenvalue weighted by Gasteiger charge is 2.13. The molecule has 0 heterocycles. The topological polar surface area (TPSA) is 92.7 Å². The van der Waals surface area contributed by atoms with E-state index in [1.165, 1.54) is 7.11 Å². The second-order valence-corrected chi connectivity index (χ2v) is 4.27. The summed E-state index contributed by atoms with van der Waals surface area (Å²) in [7, 11) is 1.29. The molecule has 0 spiro atoms. The first-order valence-corrected chi connectivity index (χ1v) is 6.15. The molecule has 6 nitrogen and oxygen atoms in total. The van der Waals surface area contributed by atoms with E-state index in [1.54, 1.807) is 25.1 Å². The normalized spacial score (nSPS) is 9.90. The van der Waals surface area contributed by atoms with Gasteiger partial charge < -0.3 is 15.2 Å². The van der Waals surface area contributed by atoms with Crippen LogP contribution in [0.1, 0.15) is 35.2 Å². The van der Waals surface area contributed by atoms with Gasteiger partial charge in [-0.05, 0) is 31.0 Å². The molecule has 1 aromatic rings. The number of carbonyl (C=O) groups excluding carboxylic acids is 2. The Balaban J connectivity index is 2.70. The third-order valence-electron chi connectivity index (χ3n) is 2.81. The zero-order valence-corrected chi connectivity index (χ0v) is 11.4. The van der Waals surface area contributed by atoms with Crippen molar-refractivity contribution in [3.05, 3.63) is 29.3 Å². The molecule has 0 aliphatic carbocycles. The van der Waals surface area contributed by atoms with Gasteiger partial charge in [0.05, 0.1) is 12.7 Å². The van der Waals surface area contributed by atoms with Gasteiger partial charge in [0.15, 0.2) is 0 Å². The number of carboxylic acid groups (broad SMARTS) is 1. The Morgan fingerprint density at radius 3 is 2.55 bits per heavy atom. The summed E-state index contributed by atoms with van der Waals surface area (Å²) in [6, 6.07) is 4.93. The Hall–Kier alpha value is -2.37. The predicted molar refractivity (Wildman–Crippen MR) is 72.6 cm³/mol. The van der Waals surface area contributed by atoms with Gasteiger partial charge in [-0.25, -0.2) is 4.79 Å². The molecule has 1 aromatic carbocycles. The lowest BCUT2D eigenvalue weighted by Gasteiger charge is -2.11. The molecule has 0 unspecified atom stereocenters. The number of esters is 1. The van der Waals surface area contributed by atoms with Crippen molar-refractivity contribution in [2.24, 2.45) is 0 Å². The molecule has 0 bridgehead atoms. The molecule has 1 rings (SSSR count). The van der Waals surface area contributed by atoms with Crippen LogP contribution in [-0.4, -0.2) is 30.1 Å². The van der Waals surface area contributed by atoms with Crippen LogP contribution >= 0.6 is 0 Å². The van der Waals surface area contributed by atoms with E-state index in [0.717, 1.165) is 0 Å². The van der Waals surface area contributed by atoms with E-state index in [1.807, 2.05) is 0 Å². The van der Waals surface area contributed by atoms with Crippen LogP contribution in [0.25, 0.3) is 0 Å². The molecule has 0 radical (unpaired) electrons. The number of nitrogens with one attached hydrogen (secondary N) is 1. The summed E-state index contributed by atoms with van der Waals surface area (Å²) in [5, 5.41) is 11.2. The van der Waals surface area contributed by atoms with Gasteiger partial charge in [-0.2, -0.15) is 0 Å². The minimum absolute atomic E-state index is 0.0470. The smallest absolute Gasteiger partial charge is 0.338 e. The van der Waals surface area contributed by atoms with Gasteiger partial charge in [-0.1, -0.05) is 6.07 Å². The molecule has 0 aliphatic heterocycles. The Morgan fingerprint density at radius 1 is 1.25 bits per heavy atom. The van der Waals surface area contributed by atoms with Gasteiger partial charge in [0.25, 0.3) is 0 Å². The minimum atomic E-state index is -0.929. The van der Waals surface area contributed by atoms with Crippen molar-refractivity contribution in [3.8, 4) is 0 Å². The lowest BCUT2D eigenvalue weighted by atomic mass is 10.1. The number of amides is 1. The van der Waals surface area contributed by atoms with Crippen molar-refractivity contribution in [2.45, 2.75) is 26.2 Å². The Morgan fingerprint density at radius 2 is 1.95 bits per heavy atom. The number of hydrogen-bond acceptors (Lipinski definition) is 4. The molecule has 1 amide bonds. The van der Waals surface area contributed by atoms with Crippen LogP contribution in [0.2, 0.25) is 0 Å². The lowest BCUT2D eigenvalue weighted by molar-refractivity contribution is -0.137. The molecule has 0 atom stereocenters. The summed E-state index contributed by atoms with van der Waals surface area (Å²) in [5.41, 5.74) is 1.52. The van der Waals surface area contributed by atoms with E-state index in [4.69, 9.17) is 5.11 Å². The largest absolute Gasteiger partial charge is 0.481 e. The molecular weight excluding hydrogens is 262 g/mol. The molecule has 20 heavy (non-hydrogen) atoms. The first-order valence-electron chi connectivity index (χ1n) is 6.15. The number of aliphatic carboxylic acids is 1. The molecule has 0 saturated carbocycles. The van der Waals surface area contributed by atoms with Gasteiger partial charge in [-0.3, -0.25) is 9.59 Å². The Kier molecular flexibility index (Phi) is 5.71. The van der Waals surface area contributed by atoms with Crippen LogP contribution in [-0.2, 0) is 14.3 Å². The monoisotopic (exact) mass is 279 g/mol. The molecule has 0 fully saturated rings. The van der Waals surface area contributed by atoms with Crippen molar-refractivity contribution < 1.29 is 24.2 Å². The third-order valence-corrected chi connectivity index (χ3v) is 2.81. The number of anilines is 1. The third kappa shape index (κ3) is 4.38. The second-order valence-electron chi connectivity index (χ2n) is 4.27. The van der Waals surface area contributed by atoms with E-state index >= 15 is 0 Å². The van der Waals surface area contributed by atoms with E-state index in [9.17, 15) is 14.4 Å². The fourth-order valence-electron chi connectivity index (χ4n) is 1.72. The van der Waals surface area contributed by atoms with E-state index in [2.05, 4.69) is 10.1 Å². The second kappa shape index (κ2) is 7.28. The Bertz CT molecular complexity index is 524. The first-order chi connectivity index (χ1) is 9.45. The van der Waals surface area contributed by atoms with Gasteiger partial charge in [0, 0.05) is 18.5 Å². The fourth-order valence-corrected chi connectivity index (χ4v) is 1.72. The average molecular weight is 279 g/mol.